The quantitative estimate of drug-likeness (QED) is 0.841. The summed E-state index contributed by atoms with van der Waals surface area (Å²) < 4.78 is 5.56. The largest absolute Gasteiger partial charge is 0.491 e. The number of hydrogen-bond acceptors (Lipinski definition) is 5. The average Bonchev–Trinajstić information content (AvgIpc) is 2.92. The molecule has 1 aromatic carbocycles. The number of fused-ring (bicyclic) bond motifs is 1. The lowest BCUT2D eigenvalue weighted by Gasteiger charge is -2.24. The number of carbonyl (C=O) groups excluding carboxylic acids is 1. The third kappa shape index (κ3) is 2.71. The van der Waals surface area contributed by atoms with Crippen molar-refractivity contribution in [1.29, 1.82) is 0 Å². The van der Waals surface area contributed by atoms with Crippen LogP contribution >= 0.6 is 15.9 Å². The molecular formula is C14H14BrN3O3. The van der Waals surface area contributed by atoms with Crippen molar-refractivity contribution in [2.75, 3.05) is 13.2 Å². The number of nitrogens with zero attached hydrogens (tertiary/aromatic N) is 3. The molecule has 0 saturated heterocycles. The zero-order valence-corrected chi connectivity index (χ0v) is 12.8. The van der Waals surface area contributed by atoms with E-state index in [4.69, 9.17) is 9.84 Å². The minimum atomic E-state index is -0.453. The second kappa shape index (κ2) is 5.95. The molecule has 1 N–H and O–H groups in total. The van der Waals surface area contributed by atoms with Crippen LogP contribution in [0, 0.1) is 0 Å². The molecule has 110 valence electrons. The molecule has 6 nitrogen and oxygen atoms in total. The molecule has 0 spiro atoms. The zero-order valence-electron chi connectivity index (χ0n) is 11.2. The minimum Gasteiger partial charge on any atom is -0.491 e. The van der Waals surface area contributed by atoms with E-state index in [1.165, 1.54) is 0 Å². The number of amides is 1. The van der Waals surface area contributed by atoms with Gasteiger partial charge in [-0.1, -0.05) is 28.1 Å². The van der Waals surface area contributed by atoms with E-state index in [-0.39, 0.29) is 19.1 Å². The second-order valence-electron chi connectivity index (χ2n) is 4.79. The number of carbonyl (C=O) groups is 1. The predicted octanol–water partition coefficient (Wildman–Crippen LogP) is 1.97. The van der Waals surface area contributed by atoms with Crippen molar-refractivity contribution in [3.8, 4) is 5.75 Å². The van der Waals surface area contributed by atoms with E-state index in [0.717, 1.165) is 22.6 Å². The standard InChI is InChI=1S/C14H14BrN3O3/c15-13-11(6-16-17-14(13)20)18-7-9-2-1-3-12(10(9)8-18)21-5-4-19/h1-3,6,13,19H,4-5,7-8H2. The van der Waals surface area contributed by atoms with Gasteiger partial charge in [-0.3, -0.25) is 4.79 Å². The molecule has 0 aromatic heterocycles. The molecule has 2 aliphatic rings. The van der Waals surface area contributed by atoms with Gasteiger partial charge in [0.05, 0.1) is 18.5 Å². The molecule has 2 heterocycles. The van der Waals surface area contributed by atoms with Crippen LogP contribution in [-0.4, -0.2) is 34.0 Å². The topological polar surface area (TPSA) is 74.5 Å². The molecule has 21 heavy (non-hydrogen) atoms. The summed E-state index contributed by atoms with van der Waals surface area (Å²) in [4.78, 5) is 13.2. The SMILES string of the molecule is O=C1N=NC=C(N2Cc3cccc(OCCO)c3C2)C1Br. The molecule has 1 amide bonds. The zero-order chi connectivity index (χ0) is 14.8. The third-order valence-corrected chi connectivity index (χ3v) is 4.34. The van der Waals surface area contributed by atoms with Crippen molar-refractivity contribution in [2.24, 2.45) is 10.2 Å². The van der Waals surface area contributed by atoms with E-state index in [2.05, 4.69) is 31.1 Å². The highest BCUT2D eigenvalue weighted by Crippen LogP contribution is 2.35. The maximum Gasteiger partial charge on any atom is 0.284 e. The van der Waals surface area contributed by atoms with Crippen LogP contribution in [0.3, 0.4) is 0 Å². The smallest absolute Gasteiger partial charge is 0.284 e. The Balaban J connectivity index is 1.83. The number of rotatable bonds is 4. The molecule has 0 saturated carbocycles. The highest BCUT2D eigenvalue weighted by molar-refractivity contribution is 9.10. The van der Waals surface area contributed by atoms with Crippen LogP contribution in [0.2, 0.25) is 0 Å². The number of hydrogen-bond donors (Lipinski definition) is 1. The highest BCUT2D eigenvalue weighted by atomic mass is 79.9. The Bertz CT molecular complexity index is 630. The van der Waals surface area contributed by atoms with Gasteiger partial charge in [0.25, 0.3) is 5.91 Å². The van der Waals surface area contributed by atoms with Gasteiger partial charge in [0.15, 0.2) is 0 Å². The van der Waals surface area contributed by atoms with Gasteiger partial charge in [-0.25, -0.2) is 0 Å². The first-order valence-corrected chi connectivity index (χ1v) is 7.50. The fourth-order valence-electron chi connectivity index (χ4n) is 2.49. The maximum atomic E-state index is 11.6. The van der Waals surface area contributed by atoms with E-state index in [0.29, 0.717) is 13.1 Å². The predicted molar refractivity (Wildman–Crippen MR) is 78.9 cm³/mol. The van der Waals surface area contributed by atoms with Crippen LogP contribution in [0.25, 0.3) is 0 Å². The van der Waals surface area contributed by atoms with Gasteiger partial charge in [-0.2, -0.15) is 5.11 Å². The van der Waals surface area contributed by atoms with Crippen molar-refractivity contribution in [2.45, 2.75) is 17.9 Å². The van der Waals surface area contributed by atoms with Crippen LogP contribution in [-0.2, 0) is 17.9 Å². The third-order valence-electron chi connectivity index (χ3n) is 3.48. The number of aliphatic hydroxyl groups excluding tert-OH is 1. The summed E-state index contributed by atoms with van der Waals surface area (Å²) in [6.07, 6.45) is 1.61. The van der Waals surface area contributed by atoms with Gasteiger partial charge in [0.2, 0.25) is 0 Å². The van der Waals surface area contributed by atoms with Gasteiger partial charge < -0.3 is 14.7 Å². The minimum absolute atomic E-state index is 0.0170. The van der Waals surface area contributed by atoms with Crippen molar-refractivity contribution in [1.82, 2.24) is 4.90 Å². The number of aliphatic hydroxyl groups is 1. The van der Waals surface area contributed by atoms with Gasteiger partial charge in [0, 0.05) is 18.7 Å². The molecule has 2 aliphatic heterocycles. The van der Waals surface area contributed by atoms with Crippen molar-refractivity contribution in [3.63, 3.8) is 0 Å². The Morgan fingerprint density at radius 1 is 1.43 bits per heavy atom. The molecule has 1 unspecified atom stereocenters. The molecule has 3 rings (SSSR count). The summed E-state index contributed by atoms with van der Waals surface area (Å²) in [5.41, 5.74) is 3.04. The lowest BCUT2D eigenvalue weighted by atomic mass is 10.1. The lowest BCUT2D eigenvalue weighted by molar-refractivity contribution is -0.117. The molecule has 1 atom stereocenters. The first-order chi connectivity index (χ1) is 10.2. The Labute approximate surface area is 130 Å². The van der Waals surface area contributed by atoms with E-state index >= 15 is 0 Å². The fourth-order valence-corrected chi connectivity index (χ4v) is 2.99. The van der Waals surface area contributed by atoms with Gasteiger partial charge >= 0.3 is 0 Å². The molecule has 0 fully saturated rings. The average molecular weight is 352 g/mol. The number of halogens is 1. The first kappa shape index (κ1) is 14.2. The van der Waals surface area contributed by atoms with Crippen LogP contribution in [0.15, 0.2) is 40.3 Å². The Morgan fingerprint density at radius 2 is 2.29 bits per heavy atom. The Morgan fingerprint density at radius 3 is 3.10 bits per heavy atom. The van der Waals surface area contributed by atoms with Gasteiger partial charge in [-0.05, 0) is 11.6 Å². The van der Waals surface area contributed by atoms with Crippen LogP contribution in [0.1, 0.15) is 11.1 Å². The maximum absolute atomic E-state index is 11.6. The molecule has 7 heteroatoms. The molecular weight excluding hydrogens is 338 g/mol. The highest BCUT2D eigenvalue weighted by Gasteiger charge is 2.31. The summed E-state index contributed by atoms with van der Waals surface area (Å²) in [6, 6.07) is 5.86. The van der Waals surface area contributed by atoms with Crippen LogP contribution in [0.4, 0.5) is 0 Å². The Hall–Kier alpha value is -1.73. The number of benzene rings is 1. The lowest BCUT2D eigenvalue weighted by Crippen LogP contribution is -2.28. The molecule has 0 bridgehead atoms. The van der Waals surface area contributed by atoms with Crippen molar-refractivity contribution < 1.29 is 14.6 Å². The fraction of sp³-hybridized carbons (Fsp3) is 0.357. The molecule has 0 radical (unpaired) electrons. The van der Waals surface area contributed by atoms with Crippen LogP contribution < -0.4 is 4.74 Å². The van der Waals surface area contributed by atoms with E-state index in [9.17, 15) is 4.79 Å². The molecule has 1 aromatic rings. The number of alkyl halides is 1. The van der Waals surface area contributed by atoms with Gasteiger partial charge in [-0.15, -0.1) is 5.11 Å². The summed E-state index contributed by atoms with van der Waals surface area (Å²) in [5.74, 6) is 0.486. The van der Waals surface area contributed by atoms with Crippen molar-refractivity contribution >= 4 is 21.8 Å². The Kier molecular flexibility index (Phi) is 4.03. The van der Waals surface area contributed by atoms with Crippen LogP contribution in [0.5, 0.6) is 5.75 Å². The van der Waals surface area contributed by atoms with Crippen molar-refractivity contribution in [3.05, 3.63) is 41.2 Å². The number of azo groups is 1. The summed E-state index contributed by atoms with van der Waals surface area (Å²) in [6.45, 7) is 1.60. The normalized spacial score (nSPS) is 20.5. The summed E-state index contributed by atoms with van der Waals surface area (Å²) >= 11 is 3.36. The molecule has 0 aliphatic carbocycles. The second-order valence-corrected chi connectivity index (χ2v) is 5.71. The first-order valence-electron chi connectivity index (χ1n) is 6.59. The van der Waals surface area contributed by atoms with E-state index in [1.54, 1.807) is 6.20 Å². The number of ether oxygens (including phenoxy) is 1. The summed E-state index contributed by atoms with van der Waals surface area (Å²) in [7, 11) is 0. The van der Waals surface area contributed by atoms with Gasteiger partial charge in [0.1, 0.15) is 17.2 Å². The monoisotopic (exact) mass is 351 g/mol. The van der Waals surface area contributed by atoms with E-state index < -0.39 is 4.83 Å². The van der Waals surface area contributed by atoms with E-state index in [1.807, 2.05) is 18.2 Å². The summed E-state index contributed by atoms with van der Waals surface area (Å²) in [5, 5.41) is 16.2.